The number of hydrogen-bond donors (Lipinski definition) is 0. The van der Waals surface area contributed by atoms with E-state index < -0.39 is 0 Å². The van der Waals surface area contributed by atoms with Gasteiger partial charge < -0.3 is 9.47 Å². The number of rotatable bonds is 6. The summed E-state index contributed by atoms with van der Waals surface area (Å²) in [4.78, 5) is 4.31. The second-order valence-corrected chi connectivity index (χ2v) is 3.89. The van der Waals surface area contributed by atoms with E-state index in [0.717, 1.165) is 16.7 Å². The Morgan fingerprint density at radius 2 is 2.00 bits per heavy atom. The van der Waals surface area contributed by atoms with Crippen molar-refractivity contribution in [1.29, 1.82) is 0 Å². The van der Waals surface area contributed by atoms with Crippen molar-refractivity contribution in [3.8, 4) is 5.75 Å². The summed E-state index contributed by atoms with van der Waals surface area (Å²) in [5.74, 6) is 1.27. The Morgan fingerprint density at radius 1 is 1.12 bits per heavy atom. The maximum absolute atomic E-state index is 5.53. The first kappa shape index (κ1) is 12.1. The number of alkyl halides is 1. The first-order chi connectivity index (χ1) is 8.40. The van der Waals surface area contributed by atoms with Crippen molar-refractivity contribution < 1.29 is 9.47 Å². The summed E-state index contributed by atoms with van der Waals surface area (Å²) in [7, 11) is 0. The fourth-order valence-corrected chi connectivity index (χ4v) is 1.61. The SMILES string of the molecule is ClCCOCCOc1cnc2ccccc2c1. The van der Waals surface area contributed by atoms with Crippen LogP contribution in [-0.2, 0) is 4.74 Å². The summed E-state index contributed by atoms with van der Waals surface area (Å²) in [5, 5.41) is 1.08. The highest BCUT2D eigenvalue weighted by Gasteiger charge is 1.98. The van der Waals surface area contributed by atoms with Crippen LogP contribution in [0.1, 0.15) is 0 Å². The lowest BCUT2D eigenvalue weighted by Gasteiger charge is -2.06. The van der Waals surface area contributed by atoms with Gasteiger partial charge in [0.1, 0.15) is 12.4 Å². The molecular weight excluding hydrogens is 238 g/mol. The van der Waals surface area contributed by atoms with E-state index in [2.05, 4.69) is 4.98 Å². The molecule has 0 saturated carbocycles. The Balaban J connectivity index is 1.90. The molecule has 2 aromatic rings. The van der Waals surface area contributed by atoms with Crippen LogP contribution in [0.25, 0.3) is 10.9 Å². The lowest BCUT2D eigenvalue weighted by Crippen LogP contribution is -2.08. The second-order valence-electron chi connectivity index (χ2n) is 3.51. The molecule has 2 rings (SSSR count). The molecule has 3 nitrogen and oxygen atoms in total. The quantitative estimate of drug-likeness (QED) is 0.584. The predicted molar refractivity (Wildman–Crippen MR) is 68.8 cm³/mol. The van der Waals surface area contributed by atoms with Crippen molar-refractivity contribution >= 4 is 22.5 Å². The Labute approximate surface area is 105 Å². The number of aromatic nitrogens is 1. The first-order valence-corrected chi connectivity index (χ1v) is 6.05. The number of ether oxygens (including phenoxy) is 2. The molecule has 90 valence electrons. The van der Waals surface area contributed by atoms with Crippen LogP contribution in [0, 0.1) is 0 Å². The van der Waals surface area contributed by atoms with Crippen molar-refractivity contribution in [2.24, 2.45) is 0 Å². The molecule has 17 heavy (non-hydrogen) atoms. The van der Waals surface area contributed by atoms with Crippen LogP contribution in [0.5, 0.6) is 5.75 Å². The van der Waals surface area contributed by atoms with E-state index >= 15 is 0 Å². The van der Waals surface area contributed by atoms with E-state index in [0.29, 0.717) is 25.7 Å². The Morgan fingerprint density at radius 3 is 2.88 bits per heavy atom. The highest BCUT2D eigenvalue weighted by atomic mass is 35.5. The molecule has 4 heteroatoms. The smallest absolute Gasteiger partial charge is 0.138 e. The van der Waals surface area contributed by atoms with Gasteiger partial charge in [-0.25, -0.2) is 0 Å². The van der Waals surface area contributed by atoms with E-state index in [-0.39, 0.29) is 0 Å². The number of nitrogens with zero attached hydrogens (tertiary/aromatic N) is 1. The average Bonchev–Trinajstić information content (AvgIpc) is 2.38. The van der Waals surface area contributed by atoms with Crippen LogP contribution in [0.3, 0.4) is 0 Å². The first-order valence-electron chi connectivity index (χ1n) is 5.51. The third kappa shape index (κ3) is 3.58. The van der Waals surface area contributed by atoms with Gasteiger partial charge in [0.2, 0.25) is 0 Å². The Bertz CT molecular complexity index is 476. The van der Waals surface area contributed by atoms with Crippen LogP contribution >= 0.6 is 11.6 Å². The molecular formula is C13H14ClNO2. The molecule has 0 atom stereocenters. The predicted octanol–water partition coefficient (Wildman–Crippen LogP) is 2.87. The van der Waals surface area contributed by atoms with Crippen molar-refractivity contribution in [2.45, 2.75) is 0 Å². The lowest BCUT2D eigenvalue weighted by molar-refractivity contribution is 0.111. The third-order valence-electron chi connectivity index (χ3n) is 2.28. The molecule has 1 aromatic carbocycles. The maximum atomic E-state index is 5.53. The Hall–Kier alpha value is -1.32. The molecule has 0 unspecified atom stereocenters. The molecule has 0 N–H and O–H groups in total. The average molecular weight is 252 g/mol. The van der Waals surface area contributed by atoms with Gasteiger partial charge in [0.05, 0.1) is 24.9 Å². The zero-order valence-corrected chi connectivity index (χ0v) is 10.2. The summed E-state index contributed by atoms with van der Waals surface area (Å²) >= 11 is 5.49. The van der Waals surface area contributed by atoms with E-state index in [1.807, 2.05) is 30.3 Å². The van der Waals surface area contributed by atoms with Gasteiger partial charge in [0, 0.05) is 11.3 Å². The standard InChI is InChI=1S/C13H14ClNO2/c14-5-6-16-7-8-17-12-9-11-3-1-2-4-13(11)15-10-12/h1-4,9-10H,5-8H2. The van der Waals surface area contributed by atoms with Crippen molar-refractivity contribution in [3.63, 3.8) is 0 Å². The minimum atomic E-state index is 0.511. The van der Waals surface area contributed by atoms with E-state index in [4.69, 9.17) is 21.1 Å². The van der Waals surface area contributed by atoms with Gasteiger partial charge in [0.15, 0.2) is 0 Å². The van der Waals surface area contributed by atoms with E-state index in [1.165, 1.54) is 0 Å². The van der Waals surface area contributed by atoms with E-state index in [9.17, 15) is 0 Å². The number of hydrogen-bond acceptors (Lipinski definition) is 3. The third-order valence-corrected chi connectivity index (χ3v) is 2.44. The van der Waals surface area contributed by atoms with Gasteiger partial charge >= 0.3 is 0 Å². The lowest BCUT2D eigenvalue weighted by atomic mass is 10.2. The normalized spacial score (nSPS) is 10.6. The van der Waals surface area contributed by atoms with Crippen LogP contribution in [-0.4, -0.2) is 30.7 Å². The molecule has 0 fully saturated rings. The van der Waals surface area contributed by atoms with Gasteiger partial charge in [-0.1, -0.05) is 18.2 Å². The number of pyridine rings is 1. The minimum absolute atomic E-state index is 0.511. The van der Waals surface area contributed by atoms with Gasteiger partial charge in [-0.05, 0) is 12.1 Å². The number of halogens is 1. The molecule has 0 amide bonds. The molecule has 0 aliphatic heterocycles. The Kier molecular flexibility index (Phi) is 4.59. The fourth-order valence-electron chi connectivity index (χ4n) is 1.50. The number of para-hydroxylation sites is 1. The van der Waals surface area contributed by atoms with Crippen LogP contribution in [0.4, 0.5) is 0 Å². The zero-order chi connectivity index (χ0) is 11.9. The molecule has 0 spiro atoms. The summed E-state index contributed by atoms with van der Waals surface area (Å²) in [6, 6.07) is 9.92. The maximum Gasteiger partial charge on any atom is 0.138 e. The zero-order valence-electron chi connectivity index (χ0n) is 9.43. The molecule has 0 saturated heterocycles. The van der Waals surface area contributed by atoms with Crippen LogP contribution in [0.2, 0.25) is 0 Å². The molecule has 1 heterocycles. The summed E-state index contributed by atoms with van der Waals surface area (Å²) in [6.07, 6.45) is 1.73. The topological polar surface area (TPSA) is 31.4 Å². The number of benzene rings is 1. The van der Waals surface area contributed by atoms with Gasteiger partial charge in [0.25, 0.3) is 0 Å². The highest BCUT2D eigenvalue weighted by Crippen LogP contribution is 2.17. The largest absolute Gasteiger partial charge is 0.490 e. The molecule has 0 bridgehead atoms. The highest BCUT2D eigenvalue weighted by molar-refractivity contribution is 6.17. The molecule has 0 aliphatic carbocycles. The molecule has 0 aliphatic rings. The van der Waals surface area contributed by atoms with Crippen LogP contribution < -0.4 is 4.74 Å². The summed E-state index contributed by atoms with van der Waals surface area (Å²) in [6.45, 7) is 1.61. The molecule has 1 aromatic heterocycles. The van der Waals surface area contributed by atoms with Gasteiger partial charge in [-0.2, -0.15) is 0 Å². The fraction of sp³-hybridized carbons (Fsp3) is 0.308. The van der Waals surface area contributed by atoms with E-state index in [1.54, 1.807) is 6.20 Å². The van der Waals surface area contributed by atoms with Gasteiger partial charge in [-0.15, -0.1) is 11.6 Å². The monoisotopic (exact) mass is 251 g/mol. The van der Waals surface area contributed by atoms with Crippen LogP contribution in [0.15, 0.2) is 36.5 Å². The summed E-state index contributed by atoms with van der Waals surface area (Å²) in [5.41, 5.74) is 0.971. The summed E-state index contributed by atoms with van der Waals surface area (Å²) < 4.78 is 10.7. The van der Waals surface area contributed by atoms with Crippen molar-refractivity contribution in [1.82, 2.24) is 4.98 Å². The van der Waals surface area contributed by atoms with Gasteiger partial charge in [-0.3, -0.25) is 4.98 Å². The van der Waals surface area contributed by atoms with Crippen molar-refractivity contribution in [2.75, 3.05) is 25.7 Å². The molecule has 0 radical (unpaired) electrons. The minimum Gasteiger partial charge on any atom is -0.490 e. The van der Waals surface area contributed by atoms with Crippen molar-refractivity contribution in [3.05, 3.63) is 36.5 Å². The second kappa shape index (κ2) is 6.42. The number of fused-ring (bicyclic) bond motifs is 1.